The standard InChI is InChI=1S/C18H23N3O2S.2ClH/c1-3-23-16-6-4-14(5-7-16)18-20-15(12-24-18)10-17(22)21-9-8-19-13(2)11-21;;/h4-7,12-13,19H,3,8-11H2,1-2H3;2*1H. The van der Waals surface area contributed by atoms with Crippen LogP contribution >= 0.6 is 36.2 Å². The third kappa shape index (κ3) is 5.84. The van der Waals surface area contributed by atoms with Crippen LogP contribution in [-0.2, 0) is 11.2 Å². The minimum atomic E-state index is 0. The van der Waals surface area contributed by atoms with Crippen molar-refractivity contribution in [3.63, 3.8) is 0 Å². The summed E-state index contributed by atoms with van der Waals surface area (Å²) >= 11 is 1.58. The third-order valence-electron chi connectivity index (χ3n) is 4.02. The van der Waals surface area contributed by atoms with Crippen molar-refractivity contribution in [3.8, 4) is 16.3 Å². The number of ether oxygens (including phenoxy) is 1. The van der Waals surface area contributed by atoms with Crippen LogP contribution in [0.25, 0.3) is 10.6 Å². The molecule has 1 aliphatic heterocycles. The predicted molar refractivity (Wildman–Crippen MR) is 111 cm³/mol. The van der Waals surface area contributed by atoms with Gasteiger partial charge in [-0.1, -0.05) is 0 Å². The molecule has 1 aromatic heterocycles. The Morgan fingerprint density at radius 1 is 1.35 bits per heavy atom. The van der Waals surface area contributed by atoms with Crippen LogP contribution in [0.3, 0.4) is 0 Å². The molecule has 2 heterocycles. The summed E-state index contributed by atoms with van der Waals surface area (Å²) in [6, 6.07) is 8.28. The second-order valence-electron chi connectivity index (χ2n) is 5.97. The third-order valence-corrected chi connectivity index (χ3v) is 4.96. The number of carbonyl (C=O) groups excluding carboxylic acids is 1. The van der Waals surface area contributed by atoms with E-state index in [2.05, 4.69) is 17.2 Å². The van der Waals surface area contributed by atoms with Gasteiger partial charge in [-0.25, -0.2) is 4.98 Å². The van der Waals surface area contributed by atoms with Crippen molar-refractivity contribution in [2.24, 2.45) is 0 Å². The van der Waals surface area contributed by atoms with Crippen LogP contribution in [0.15, 0.2) is 29.6 Å². The summed E-state index contributed by atoms with van der Waals surface area (Å²) in [7, 11) is 0. The molecule has 8 heteroatoms. The van der Waals surface area contributed by atoms with E-state index in [1.807, 2.05) is 41.5 Å². The van der Waals surface area contributed by atoms with Crippen molar-refractivity contribution in [1.29, 1.82) is 0 Å². The number of rotatable bonds is 5. The molecule has 1 fully saturated rings. The molecule has 1 amide bonds. The number of piperazine rings is 1. The summed E-state index contributed by atoms with van der Waals surface area (Å²) in [5, 5.41) is 6.27. The van der Waals surface area contributed by atoms with Crippen LogP contribution in [0.4, 0.5) is 0 Å². The summed E-state index contributed by atoms with van der Waals surface area (Å²) in [5.41, 5.74) is 1.90. The maximum Gasteiger partial charge on any atom is 0.228 e. The summed E-state index contributed by atoms with van der Waals surface area (Å²) in [5.74, 6) is 1.02. The number of amides is 1. The number of halogens is 2. The Bertz CT molecular complexity index is 694. The van der Waals surface area contributed by atoms with Gasteiger partial charge in [0.1, 0.15) is 10.8 Å². The Kier molecular flexibility index (Phi) is 9.36. The first kappa shape index (κ1) is 22.7. The normalized spacial score (nSPS) is 16.4. The largest absolute Gasteiger partial charge is 0.494 e. The minimum absolute atomic E-state index is 0. The van der Waals surface area contributed by atoms with E-state index in [0.717, 1.165) is 41.6 Å². The molecule has 1 aromatic carbocycles. The van der Waals surface area contributed by atoms with Crippen molar-refractivity contribution in [1.82, 2.24) is 15.2 Å². The number of hydrogen-bond donors (Lipinski definition) is 1. The second kappa shape index (κ2) is 10.7. The first-order valence-electron chi connectivity index (χ1n) is 8.34. The molecule has 0 radical (unpaired) electrons. The van der Waals surface area contributed by atoms with Crippen LogP contribution in [0, 0.1) is 0 Å². The Morgan fingerprint density at radius 2 is 2.08 bits per heavy atom. The maximum absolute atomic E-state index is 12.4. The van der Waals surface area contributed by atoms with Gasteiger partial charge in [-0.15, -0.1) is 36.2 Å². The molecular weight excluding hydrogens is 393 g/mol. The van der Waals surface area contributed by atoms with Gasteiger partial charge in [0.2, 0.25) is 5.91 Å². The fourth-order valence-electron chi connectivity index (χ4n) is 2.81. The molecule has 144 valence electrons. The molecule has 0 saturated carbocycles. The smallest absolute Gasteiger partial charge is 0.228 e. The molecule has 1 saturated heterocycles. The summed E-state index contributed by atoms with van der Waals surface area (Å²) in [6.45, 7) is 7.14. The average Bonchev–Trinajstić information content (AvgIpc) is 3.04. The molecule has 1 unspecified atom stereocenters. The molecule has 0 aliphatic carbocycles. The van der Waals surface area contributed by atoms with Crippen molar-refractivity contribution < 1.29 is 9.53 Å². The molecule has 0 spiro atoms. The van der Waals surface area contributed by atoms with Gasteiger partial charge in [-0.3, -0.25) is 4.79 Å². The topological polar surface area (TPSA) is 54.5 Å². The van der Waals surface area contributed by atoms with Crippen molar-refractivity contribution in [2.75, 3.05) is 26.2 Å². The van der Waals surface area contributed by atoms with Crippen LogP contribution in [-0.4, -0.2) is 48.1 Å². The lowest BCUT2D eigenvalue weighted by Gasteiger charge is -2.31. The van der Waals surface area contributed by atoms with Gasteiger partial charge in [0, 0.05) is 36.6 Å². The summed E-state index contributed by atoms with van der Waals surface area (Å²) in [4.78, 5) is 19.0. The quantitative estimate of drug-likeness (QED) is 0.809. The lowest BCUT2D eigenvalue weighted by atomic mass is 10.2. The number of nitrogens with one attached hydrogen (secondary N) is 1. The molecule has 3 rings (SSSR count). The highest BCUT2D eigenvalue weighted by Crippen LogP contribution is 2.26. The van der Waals surface area contributed by atoms with E-state index in [9.17, 15) is 4.79 Å². The molecule has 1 N–H and O–H groups in total. The Labute approximate surface area is 171 Å². The first-order valence-corrected chi connectivity index (χ1v) is 9.22. The van der Waals surface area contributed by atoms with Gasteiger partial charge in [0.05, 0.1) is 18.7 Å². The fourth-order valence-corrected chi connectivity index (χ4v) is 3.63. The van der Waals surface area contributed by atoms with Crippen LogP contribution < -0.4 is 10.1 Å². The average molecular weight is 418 g/mol. The molecule has 5 nitrogen and oxygen atoms in total. The van der Waals surface area contributed by atoms with Crippen LogP contribution in [0.2, 0.25) is 0 Å². The molecule has 0 bridgehead atoms. The van der Waals surface area contributed by atoms with Crippen LogP contribution in [0.5, 0.6) is 5.75 Å². The zero-order valence-electron chi connectivity index (χ0n) is 14.9. The highest BCUT2D eigenvalue weighted by Gasteiger charge is 2.21. The second-order valence-corrected chi connectivity index (χ2v) is 6.83. The molecular formula is C18H25Cl2N3O2S. The van der Waals surface area contributed by atoms with Gasteiger partial charge >= 0.3 is 0 Å². The predicted octanol–water partition coefficient (Wildman–Crippen LogP) is 3.42. The number of benzene rings is 1. The van der Waals surface area contributed by atoms with E-state index in [4.69, 9.17) is 4.74 Å². The SMILES string of the molecule is CCOc1ccc(-c2nc(CC(=O)N3CCNC(C)C3)cs2)cc1.Cl.Cl. The Morgan fingerprint density at radius 3 is 2.73 bits per heavy atom. The number of hydrogen-bond acceptors (Lipinski definition) is 5. The summed E-state index contributed by atoms with van der Waals surface area (Å²) < 4.78 is 5.46. The lowest BCUT2D eigenvalue weighted by Crippen LogP contribution is -2.51. The first-order chi connectivity index (χ1) is 11.7. The Balaban J connectivity index is 0.00000169. The number of aromatic nitrogens is 1. The van der Waals surface area contributed by atoms with E-state index in [1.54, 1.807) is 11.3 Å². The van der Waals surface area contributed by atoms with E-state index in [1.165, 1.54) is 0 Å². The minimum Gasteiger partial charge on any atom is -0.494 e. The summed E-state index contributed by atoms with van der Waals surface area (Å²) in [6.07, 6.45) is 0.375. The van der Waals surface area contributed by atoms with Crippen molar-refractivity contribution >= 4 is 42.1 Å². The lowest BCUT2D eigenvalue weighted by molar-refractivity contribution is -0.131. The van der Waals surface area contributed by atoms with Gasteiger partial charge in [-0.05, 0) is 38.1 Å². The number of carbonyl (C=O) groups is 1. The Hall–Kier alpha value is -1.34. The van der Waals surface area contributed by atoms with E-state index in [0.29, 0.717) is 19.1 Å². The van der Waals surface area contributed by atoms with Crippen molar-refractivity contribution in [2.45, 2.75) is 26.3 Å². The van der Waals surface area contributed by atoms with Crippen LogP contribution in [0.1, 0.15) is 19.5 Å². The van der Waals surface area contributed by atoms with E-state index in [-0.39, 0.29) is 30.7 Å². The van der Waals surface area contributed by atoms with E-state index < -0.39 is 0 Å². The molecule has 26 heavy (non-hydrogen) atoms. The molecule has 1 aliphatic rings. The molecule has 1 atom stereocenters. The van der Waals surface area contributed by atoms with Gasteiger partial charge in [0.25, 0.3) is 0 Å². The van der Waals surface area contributed by atoms with E-state index >= 15 is 0 Å². The van der Waals surface area contributed by atoms with Gasteiger partial charge in [-0.2, -0.15) is 0 Å². The molecule has 2 aromatic rings. The number of nitrogens with zero attached hydrogens (tertiary/aromatic N) is 2. The highest BCUT2D eigenvalue weighted by atomic mass is 35.5. The number of thiazole rings is 1. The van der Waals surface area contributed by atoms with Gasteiger partial charge in [0.15, 0.2) is 0 Å². The highest BCUT2D eigenvalue weighted by molar-refractivity contribution is 7.13. The zero-order chi connectivity index (χ0) is 16.9. The zero-order valence-corrected chi connectivity index (χ0v) is 17.4. The van der Waals surface area contributed by atoms with Crippen molar-refractivity contribution in [3.05, 3.63) is 35.3 Å². The van der Waals surface area contributed by atoms with Gasteiger partial charge < -0.3 is 15.0 Å². The monoisotopic (exact) mass is 417 g/mol. The maximum atomic E-state index is 12.4. The fraction of sp³-hybridized carbons (Fsp3) is 0.444.